The molecule has 1 amide bonds. The van der Waals surface area contributed by atoms with Crippen LogP contribution in [0.1, 0.15) is 11.1 Å². The predicted molar refractivity (Wildman–Crippen MR) is 110 cm³/mol. The van der Waals surface area contributed by atoms with E-state index in [0.29, 0.717) is 23.1 Å². The van der Waals surface area contributed by atoms with Crippen LogP contribution in [0.3, 0.4) is 0 Å². The fraction of sp³-hybridized carbons (Fsp3) is 0.250. The number of ether oxygens (including phenoxy) is 2. The maximum atomic E-state index is 12.3. The van der Waals surface area contributed by atoms with Gasteiger partial charge in [0.25, 0.3) is 0 Å². The van der Waals surface area contributed by atoms with Gasteiger partial charge in [-0.3, -0.25) is 4.79 Å². The summed E-state index contributed by atoms with van der Waals surface area (Å²) in [5, 5.41) is 3.14. The van der Waals surface area contributed by atoms with Gasteiger partial charge >= 0.3 is 0 Å². The van der Waals surface area contributed by atoms with Crippen LogP contribution in [-0.2, 0) is 21.1 Å². The van der Waals surface area contributed by atoms with Crippen molar-refractivity contribution in [3.8, 4) is 11.5 Å². The predicted octanol–water partition coefficient (Wildman–Crippen LogP) is 3.35. The topological polar surface area (TPSA) is 81.7 Å². The number of amides is 1. The molecular weight excluding hydrogens is 402 g/mol. The second-order valence-corrected chi connectivity index (χ2v) is 9.10. The number of rotatable bonds is 7. The number of benzene rings is 2. The fourth-order valence-corrected chi connectivity index (χ4v) is 3.24. The molecule has 1 aliphatic heterocycles. The lowest BCUT2D eigenvalue weighted by molar-refractivity contribution is -0.111. The van der Waals surface area contributed by atoms with E-state index in [2.05, 4.69) is 5.32 Å². The van der Waals surface area contributed by atoms with Crippen molar-refractivity contribution in [2.75, 3.05) is 30.5 Å². The number of anilines is 1. The molecule has 2 aromatic rings. The standard InChI is InChI=1S/C20H20ClNO5S/c1-28(24,25)11-10-27-19-6-4-16(21)13-17(19)22-20(23)7-3-14-2-5-18-15(12-14)8-9-26-18/h2-7,12-13H,8-11H2,1H3,(H,22,23)/b7-3+. The zero-order chi connectivity index (χ0) is 20.1. The molecule has 0 spiro atoms. The molecule has 148 valence electrons. The lowest BCUT2D eigenvalue weighted by Gasteiger charge is -2.12. The second-order valence-electron chi connectivity index (χ2n) is 6.41. The van der Waals surface area contributed by atoms with Crippen LogP contribution >= 0.6 is 11.6 Å². The average molecular weight is 422 g/mol. The Labute approximate surface area is 169 Å². The molecule has 8 heteroatoms. The van der Waals surface area contributed by atoms with Crippen LogP contribution < -0.4 is 14.8 Å². The maximum absolute atomic E-state index is 12.3. The molecular formula is C20H20ClNO5S. The van der Waals surface area contributed by atoms with Gasteiger partial charge in [0, 0.05) is 23.8 Å². The number of carbonyl (C=O) groups excluding carboxylic acids is 1. The lowest BCUT2D eigenvalue weighted by atomic mass is 10.1. The fourth-order valence-electron chi connectivity index (χ4n) is 2.69. The first-order valence-electron chi connectivity index (χ1n) is 8.65. The number of fused-ring (bicyclic) bond motifs is 1. The van der Waals surface area contributed by atoms with Crippen LogP contribution in [0, 0.1) is 0 Å². The molecule has 1 aliphatic rings. The van der Waals surface area contributed by atoms with E-state index in [0.717, 1.165) is 29.6 Å². The summed E-state index contributed by atoms with van der Waals surface area (Å²) >= 11 is 6.00. The normalized spacial score (nSPS) is 13.2. The Morgan fingerprint density at radius 2 is 2.11 bits per heavy atom. The summed E-state index contributed by atoms with van der Waals surface area (Å²) in [6.07, 6.45) is 5.12. The van der Waals surface area contributed by atoms with Crippen LogP contribution in [-0.4, -0.2) is 39.5 Å². The molecule has 0 saturated carbocycles. The third kappa shape index (κ3) is 5.74. The third-order valence-electron chi connectivity index (χ3n) is 4.05. The molecule has 0 atom stereocenters. The van der Waals surface area contributed by atoms with Crippen molar-refractivity contribution >= 4 is 39.1 Å². The van der Waals surface area contributed by atoms with Crippen molar-refractivity contribution in [1.82, 2.24) is 0 Å². The molecule has 1 heterocycles. The Kier molecular flexibility index (Phi) is 6.26. The van der Waals surface area contributed by atoms with Crippen LogP contribution in [0.2, 0.25) is 5.02 Å². The van der Waals surface area contributed by atoms with Crippen LogP contribution in [0.25, 0.3) is 6.08 Å². The third-order valence-corrected chi connectivity index (χ3v) is 5.20. The highest BCUT2D eigenvalue weighted by molar-refractivity contribution is 7.90. The smallest absolute Gasteiger partial charge is 0.248 e. The molecule has 0 radical (unpaired) electrons. The van der Waals surface area contributed by atoms with Gasteiger partial charge in [-0.1, -0.05) is 17.7 Å². The molecule has 0 saturated heterocycles. The first kappa shape index (κ1) is 20.2. The van der Waals surface area contributed by atoms with Crippen LogP contribution in [0.5, 0.6) is 11.5 Å². The molecule has 0 aromatic heterocycles. The number of halogens is 1. The number of hydrogen-bond acceptors (Lipinski definition) is 5. The van der Waals surface area contributed by atoms with Gasteiger partial charge in [0.15, 0.2) is 9.84 Å². The molecule has 6 nitrogen and oxygen atoms in total. The van der Waals surface area contributed by atoms with Gasteiger partial charge in [-0.15, -0.1) is 0 Å². The van der Waals surface area contributed by atoms with Gasteiger partial charge in [0.1, 0.15) is 18.1 Å². The van der Waals surface area contributed by atoms with Gasteiger partial charge in [-0.05, 0) is 47.5 Å². The molecule has 3 rings (SSSR count). The van der Waals surface area contributed by atoms with Gasteiger partial charge < -0.3 is 14.8 Å². The number of sulfone groups is 1. The number of carbonyl (C=O) groups is 1. The molecule has 0 fully saturated rings. The van der Waals surface area contributed by atoms with E-state index in [1.54, 1.807) is 24.3 Å². The lowest BCUT2D eigenvalue weighted by Crippen LogP contribution is -2.14. The van der Waals surface area contributed by atoms with Gasteiger partial charge in [-0.25, -0.2) is 8.42 Å². The minimum atomic E-state index is -3.14. The van der Waals surface area contributed by atoms with Crippen LogP contribution in [0.15, 0.2) is 42.5 Å². The summed E-state index contributed by atoms with van der Waals surface area (Å²) in [7, 11) is -3.14. The van der Waals surface area contributed by atoms with Crippen molar-refractivity contribution < 1.29 is 22.7 Å². The second kappa shape index (κ2) is 8.67. The Hall–Kier alpha value is -2.51. The van der Waals surface area contributed by atoms with E-state index in [-0.39, 0.29) is 18.3 Å². The zero-order valence-electron chi connectivity index (χ0n) is 15.3. The van der Waals surface area contributed by atoms with Gasteiger partial charge in [0.2, 0.25) is 5.91 Å². The van der Waals surface area contributed by atoms with Gasteiger partial charge in [-0.2, -0.15) is 0 Å². The highest BCUT2D eigenvalue weighted by Crippen LogP contribution is 2.29. The summed E-state index contributed by atoms with van der Waals surface area (Å²) in [5.41, 5.74) is 2.40. The molecule has 0 aliphatic carbocycles. The van der Waals surface area contributed by atoms with Gasteiger partial charge in [0.05, 0.1) is 18.0 Å². The molecule has 28 heavy (non-hydrogen) atoms. The highest BCUT2D eigenvalue weighted by atomic mass is 35.5. The van der Waals surface area contributed by atoms with Crippen molar-refractivity contribution in [1.29, 1.82) is 0 Å². The maximum Gasteiger partial charge on any atom is 0.248 e. The zero-order valence-corrected chi connectivity index (χ0v) is 16.8. The monoisotopic (exact) mass is 421 g/mol. The van der Waals surface area contributed by atoms with E-state index < -0.39 is 9.84 Å². The SMILES string of the molecule is CS(=O)(=O)CCOc1ccc(Cl)cc1NC(=O)/C=C/c1ccc2c(c1)CCO2. The van der Waals surface area contributed by atoms with E-state index >= 15 is 0 Å². The largest absolute Gasteiger partial charge is 0.493 e. The highest BCUT2D eigenvalue weighted by Gasteiger charge is 2.12. The first-order valence-corrected chi connectivity index (χ1v) is 11.1. The Bertz CT molecular complexity index is 1020. The minimum absolute atomic E-state index is 0.0175. The van der Waals surface area contributed by atoms with E-state index in [1.165, 1.54) is 6.08 Å². The Morgan fingerprint density at radius 1 is 1.29 bits per heavy atom. The van der Waals surface area contributed by atoms with E-state index in [1.807, 2.05) is 18.2 Å². The molecule has 0 bridgehead atoms. The van der Waals surface area contributed by atoms with E-state index in [4.69, 9.17) is 21.1 Å². The van der Waals surface area contributed by atoms with E-state index in [9.17, 15) is 13.2 Å². The summed E-state index contributed by atoms with van der Waals surface area (Å²) in [6.45, 7) is 0.663. The number of hydrogen-bond donors (Lipinski definition) is 1. The van der Waals surface area contributed by atoms with Crippen LogP contribution in [0.4, 0.5) is 5.69 Å². The molecule has 0 unspecified atom stereocenters. The quantitative estimate of drug-likeness (QED) is 0.693. The average Bonchev–Trinajstić information content (AvgIpc) is 3.08. The first-order chi connectivity index (χ1) is 13.3. The minimum Gasteiger partial charge on any atom is -0.493 e. The Morgan fingerprint density at radius 3 is 2.89 bits per heavy atom. The van der Waals surface area contributed by atoms with Crippen molar-refractivity contribution in [3.05, 3.63) is 58.6 Å². The van der Waals surface area contributed by atoms with Crippen molar-refractivity contribution in [2.45, 2.75) is 6.42 Å². The summed E-state index contributed by atoms with van der Waals surface area (Å²) in [5.74, 6) is 0.762. The molecule has 2 aromatic carbocycles. The summed E-state index contributed by atoms with van der Waals surface area (Å²) in [4.78, 5) is 12.3. The Balaban J connectivity index is 1.66. The van der Waals surface area contributed by atoms with Crippen molar-refractivity contribution in [2.24, 2.45) is 0 Å². The molecule has 1 N–H and O–H groups in total. The van der Waals surface area contributed by atoms with Crippen molar-refractivity contribution in [3.63, 3.8) is 0 Å². The summed E-state index contributed by atoms with van der Waals surface area (Å²) in [6, 6.07) is 10.5. The number of nitrogens with one attached hydrogen (secondary N) is 1. The summed E-state index contributed by atoms with van der Waals surface area (Å²) < 4.78 is 33.4.